The lowest BCUT2D eigenvalue weighted by atomic mass is 9.78. The van der Waals surface area contributed by atoms with Crippen molar-refractivity contribution in [1.29, 1.82) is 0 Å². The first-order valence-electron chi connectivity index (χ1n) is 12.6. The number of hydrogen-bond donors (Lipinski definition) is 0. The summed E-state index contributed by atoms with van der Waals surface area (Å²) in [5, 5.41) is 0. The van der Waals surface area contributed by atoms with Gasteiger partial charge in [0.15, 0.2) is 0 Å². The number of benzene rings is 3. The van der Waals surface area contributed by atoms with Crippen molar-refractivity contribution in [2.45, 2.75) is 65.0 Å². The van der Waals surface area contributed by atoms with E-state index < -0.39 is 23.4 Å². The fraction of sp³-hybridized carbons (Fsp3) is 0.323. The Bertz CT molecular complexity index is 1340. The van der Waals surface area contributed by atoms with Crippen LogP contribution in [0.5, 0.6) is 0 Å². The first-order valence-corrected chi connectivity index (χ1v) is 12.6. The Hall–Kier alpha value is -3.73. The highest BCUT2D eigenvalue weighted by atomic mass is 16.2. The van der Waals surface area contributed by atoms with Crippen LogP contribution in [-0.4, -0.2) is 34.2 Å². The highest BCUT2D eigenvalue weighted by Crippen LogP contribution is 2.45. The van der Waals surface area contributed by atoms with E-state index in [-0.39, 0.29) is 18.2 Å². The standard InChI is InChI=1S/C31H32N2O3/c1-19-15-25-21(3)18-31(4,5)33(26(25)16-20(19)2)30(36)27(17-22-11-7-6-8-12-22)32-28(34)23-13-9-10-14-24(23)29(32)35/h6-16,21,27H,17-18H2,1-5H3/t21-,27-/m0/s1. The van der Waals surface area contributed by atoms with Gasteiger partial charge in [0.05, 0.1) is 11.1 Å². The average molecular weight is 481 g/mol. The van der Waals surface area contributed by atoms with Gasteiger partial charge in [-0.25, -0.2) is 0 Å². The monoisotopic (exact) mass is 480 g/mol. The first-order chi connectivity index (χ1) is 17.1. The van der Waals surface area contributed by atoms with E-state index in [0.717, 1.165) is 28.8 Å². The number of imide groups is 1. The molecule has 0 saturated heterocycles. The Morgan fingerprint density at radius 3 is 2.08 bits per heavy atom. The molecular weight excluding hydrogens is 448 g/mol. The molecule has 0 bridgehead atoms. The van der Waals surface area contributed by atoms with E-state index in [1.165, 1.54) is 10.5 Å². The van der Waals surface area contributed by atoms with Crippen LogP contribution in [0.1, 0.15) is 76.1 Å². The molecule has 5 nitrogen and oxygen atoms in total. The SMILES string of the molecule is Cc1cc2c(cc1C)N(C(=O)[C@H](Cc1ccccc1)N1C(=O)c3ccccc3C1=O)C(C)(C)C[C@@H]2C. The molecule has 0 radical (unpaired) electrons. The number of nitrogens with zero attached hydrogens (tertiary/aromatic N) is 2. The quantitative estimate of drug-likeness (QED) is 0.442. The molecule has 5 rings (SSSR count). The van der Waals surface area contributed by atoms with E-state index in [9.17, 15) is 14.4 Å². The maximum absolute atomic E-state index is 14.6. The molecule has 0 aliphatic carbocycles. The van der Waals surface area contributed by atoms with Crippen LogP contribution in [-0.2, 0) is 11.2 Å². The summed E-state index contributed by atoms with van der Waals surface area (Å²) < 4.78 is 0. The van der Waals surface area contributed by atoms with Gasteiger partial charge in [0.25, 0.3) is 17.7 Å². The Balaban J connectivity index is 1.64. The van der Waals surface area contributed by atoms with Crippen molar-refractivity contribution >= 4 is 23.4 Å². The molecule has 0 fully saturated rings. The topological polar surface area (TPSA) is 57.7 Å². The highest BCUT2D eigenvalue weighted by molar-refractivity contribution is 6.23. The van der Waals surface area contributed by atoms with Gasteiger partial charge in [-0.2, -0.15) is 0 Å². The molecule has 2 atom stereocenters. The molecule has 3 amide bonds. The summed E-state index contributed by atoms with van der Waals surface area (Å²) in [6.07, 6.45) is 1.04. The Kier molecular flexibility index (Phi) is 5.82. The predicted molar refractivity (Wildman–Crippen MR) is 141 cm³/mol. The lowest BCUT2D eigenvalue weighted by molar-refractivity contribution is -0.123. The van der Waals surface area contributed by atoms with Crippen molar-refractivity contribution in [2.24, 2.45) is 0 Å². The molecule has 5 heteroatoms. The second-order valence-corrected chi connectivity index (χ2v) is 10.8. The number of carbonyl (C=O) groups is 3. The van der Waals surface area contributed by atoms with Crippen molar-refractivity contribution < 1.29 is 14.4 Å². The van der Waals surface area contributed by atoms with Crippen LogP contribution >= 0.6 is 0 Å². The largest absolute Gasteiger partial charge is 0.305 e. The van der Waals surface area contributed by atoms with E-state index in [1.807, 2.05) is 35.2 Å². The highest BCUT2D eigenvalue weighted by Gasteiger charge is 2.48. The van der Waals surface area contributed by atoms with Gasteiger partial charge in [0.1, 0.15) is 6.04 Å². The van der Waals surface area contributed by atoms with Crippen molar-refractivity contribution in [3.8, 4) is 0 Å². The molecule has 0 aromatic heterocycles. The summed E-state index contributed by atoms with van der Waals surface area (Å²) >= 11 is 0. The minimum Gasteiger partial charge on any atom is -0.305 e. The number of aryl methyl sites for hydroxylation is 2. The number of fused-ring (bicyclic) bond motifs is 2. The van der Waals surface area contributed by atoms with Crippen molar-refractivity contribution in [1.82, 2.24) is 4.90 Å². The molecule has 3 aromatic rings. The van der Waals surface area contributed by atoms with Gasteiger partial charge in [-0.05, 0) is 80.5 Å². The van der Waals surface area contributed by atoms with Crippen LogP contribution in [0.15, 0.2) is 66.7 Å². The van der Waals surface area contributed by atoms with Crippen LogP contribution < -0.4 is 4.90 Å². The fourth-order valence-corrected chi connectivity index (χ4v) is 5.87. The van der Waals surface area contributed by atoms with Gasteiger partial charge in [-0.3, -0.25) is 19.3 Å². The molecular formula is C31H32N2O3. The lowest BCUT2D eigenvalue weighted by Gasteiger charge is -2.48. The summed E-state index contributed by atoms with van der Waals surface area (Å²) in [6.45, 7) is 10.5. The normalized spacial score (nSPS) is 19.2. The minimum atomic E-state index is -0.957. The van der Waals surface area contributed by atoms with Crippen molar-refractivity contribution in [3.05, 3.63) is 100 Å². The van der Waals surface area contributed by atoms with Crippen molar-refractivity contribution in [2.75, 3.05) is 4.90 Å². The van der Waals surface area contributed by atoms with Crippen LogP contribution in [0.25, 0.3) is 0 Å². The van der Waals surface area contributed by atoms with E-state index >= 15 is 0 Å². The number of rotatable bonds is 4. The molecule has 3 aromatic carbocycles. The minimum absolute atomic E-state index is 0.227. The summed E-state index contributed by atoms with van der Waals surface area (Å²) in [5.41, 5.74) is 5.42. The van der Waals surface area contributed by atoms with E-state index in [2.05, 4.69) is 46.8 Å². The van der Waals surface area contributed by atoms with Gasteiger partial charge >= 0.3 is 0 Å². The molecule has 0 saturated carbocycles. The molecule has 2 aliphatic rings. The summed E-state index contributed by atoms with van der Waals surface area (Å²) in [7, 11) is 0. The summed E-state index contributed by atoms with van der Waals surface area (Å²) in [6, 6.07) is 19.7. The molecule has 2 heterocycles. The van der Waals surface area contributed by atoms with Gasteiger partial charge in [-0.1, -0.05) is 55.5 Å². The average Bonchev–Trinajstić information content (AvgIpc) is 3.09. The van der Waals surface area contributed by atoms with Crippen LogP contribution in [0.2, 0.25) is 0 Å². The number of anilines is 1. The zero-order valence-corrected chi connectivity index (χ0v) is 21.5. The second kappa shape index (κ2) is 8.74. The van der Waals surface area contributed by atoms with Crippen LogP contribution in [0.3, 0.4) is 0 Å². The third-order valence-electron chi connectivity index (χ3n) is 7.74. The second-order valence-electron chi connectivity index (χ2n) is 10.8. The summed E-state index contributed by atoms with van der Waals surface area (Å²) in [5.74, 6) is -0.762. The number of carbonyl (C=O) groups excluding carboxylic acids is 3. The maximum Gasteiger partial charge on any atom is 0.262 e. The first kappa shape index (κ1) is 24.0. The van der Waals surface area contributed by atoms with E-state index in [1.54, 1.807) is 24.3 Å². The molecule has 0 unspecified atom stereocenters. The summed E-state index contributed by atoms with van der Waals surface area (Å²) in [4.78, 5) is 44.7. The van der Waals surface area contributed by atoms with E-state index in [4.69, 9.17) is 0 Å². The zero-order chi connectivity index (χ0) is 25.8. The molecule has 2 aliphatic heterocycles. The van der Waals surface area contributed by atoms with Gasteiger partial charge < -0.3 is 4.90 Å². The van der Waals surface area contributed by atoms with Gasteiger partial charge in [-0.15, -0.1) is 0 Å². The van der Waals surface area contributed by atoms with Crippen molar-refractivity contribution in [3.63, 3.8) is 0 Å². The number of amides is 3. The molecule has 36 heavy (non-hydrogen) atoms. The van der Waals surface area contributed by atoms with Gasteiger partial charge in [0.2, 0.25) is 0 Å². The predicted octanol–water partition coefficient (Wildman–Crippen LogP) is 5.83. The third kappa shape index (κ3) is 3.83. The number of hydrogen-bond acceptors (Lipinski definition) is 3. The maximum atomic E-state index is 14.6. The fourth-order valence-electron chi connectivity index (χ4n) is 5.87. The van der Waals surface area contributed by atoms with Crippen LogP contribution in [0, 0.1) is 13.8 Å². The lowest BCUT2D eigenvalue weighted by Crippen LogP contribution is -2.59. The van der Waals surface area contributed by atoms with E-state index in [0.29, 0.717) is 11.1 Å². The van der Waals surface area contributed by atoms with Crippen LogP contribution in [0.4, 0.5) is 5.69 Å². The Morgan fingerprint density at radius 2 is 1.47 bits per heavy atom. The Labute approximate surface area is 212 Å². The smallest absolute Gasteiger partial charge is 0.262 e. The molecule has 184 valence electrons. The zero-order valence-electron chi connectivity index (χ0n) is 21.5. The Morgan fingerprint density at radius 1 is 0.917 bits per heavy atom. The molecule has 0 spiro atoms. The van der Waals surface area contributed by atoms with Gasteiger partial charge in [0, 0.05) is 17.6 Å². The molecule has 0 N–H and O–H groups in total. The third-order valence-corrected chi connectivity index (χ3v) is 7.74.